The number of hydrogen-bond donors (Lipinski definition) is 2. The third-order valence-electron chi connectivity index (χ3n) is 3.88. The molecule has 1 atom stereocenters. The number of aliphatic carboxylic acids is 1. The normalized spacial score (nSPS) is 20.7. The SMILES string of the molecule is CCN(CCCC(C)(N)C(=O)O)C1CCCC1. The molecule has 1 fully saturated rings. The van der Waals surface area contributed by atoms with E-state index in [4.69, 9.17) is 10.8 Å². The van der Waals surface area contributed by atoms with Gasteiger partial charge in [0.05, 0.1) is 0 Å². The number of nitrogens with two attached hydrogens (primary N) is 1. The molecule has 0 amide bonds. The summed E-state index contributed by atoms with van der Waals surface area (Å²) in [5.41, 5.74) is 4.65. The van der Waals surface area contributed by atoms with Gasteiger partial charge in [0.15, 0.2) is 0 Å². The molecule has 0 spiro atoms. The molecule has 0 aromatic heterocycles. The maximum Gasteiger partial charge on any atom is 0.323 e. The molecule has 0 bridgehead atoms. The molecule has 100 valence electrons. The van der Waals surface area contributed by atoms with Gasteiger partial charge in [0.25, 0.3) is 0 Å². The maximum absolute atomic E-state index is 10.9. The molecule has 1 aliphatic carbocycles. The van der Waals surface area contributed by atoms with Gasteiger partial charge in [-0.05, 0) is 45.7 Å². The number of hydrogen-bond acceptors (Lipinski definition) is 3. The van der Waals surface area contributed by atoms with Gasteiger partial charge in [0.2, 0.25) is 0 Å². The van der Waals surface area contributed by atoms with Crippen molar-refractivity contribution in [3.05, 3.63) is 0 Å². The molecular weight excluding hydrogens is 216 g/mol. The van der Waals surface area contributed by atoms with Crippen molar-refractivity contribution < 1.29 is 9.90 Å². The quantitative estimate of drug-likeness (QED) is 0.715. The van der Waals surface area contributed by atoms with E-state index in [1.165, 1.54) is 25.7 Å². The van der Waals surface area contributed by atoms with Crippen molar-refractivity contribution in [2.24, 2.45) is 5.73 Å². The van der Waals surface area contributed by atoms with Gasteiger partial charge in [-0.15, -0.1) is 0 Å². The van der Waals surface area contributed by atoms with Gasteiger partial charge in [-0.25, -0.2) is 0 Å². The molecule has 1 rings (SSSR count). The number of nitrogens with zero attached hydrogens (tertiary/aromatic N) is 1. The van der Waals surface area contributed by atoms with Gasteiger partial charge < -0.3 is 15.7 Å². The Morgan fingerprint density at radius 3 is 2.53 bits per heavy atom. The van der Waals surface area contributed by atoms with E-state index in [1.807, 2.05) is 0 Å². The van der Waals surface area contributed by atoms with E-state index in [1.54, 1.807) is 6.92 Å². The first-order chi connectivity index (χ1) is 7.97. The Morgan fingerprint density at radius 1 is 1.47 bits per heavy atom. The van der Waals surface area contributed by atoms with Crippen LogP contribution in [0.3, 0.4) is 0 Å². The van der Waals surface area contributed by atoms with Crippen LogP contribution >= 0.6 is 0 Å². The van der Waals surface area contributed by atoms with E-state index in [0.29, 0.717) is 12.5 Å². The molecule has 0 radical (unpaired) electrons. The molecule has 4 heteroatoms. The molecular formula is C13H26N2O2. The first-order valence-corrected chi connectivity index (χ1v) is 6.73. The summed E-state index contributed by atoms with van der Waals surface area (Å²) in [6, 6.07) is 0.717. The molecule has 1 aliphatic rings. The fourth-order valence-electron chi connectivity index (χ4n) is 2.62. The first kappa shape index (κ1) is 14.5. The average Bonchev–Trinajstić information content (AvgIpc) is 2.77. The molecule has 4 nitrogen and oxygen atoms in total. The minimum Gasteiger partial charge on any atom is -0.480 e. The third-order valence-corrected chi connectivity index (χ3v) is 3.88. The van der Waals surface area contributed by atoms with Crippen molar-refractivity contribution in [1.29, 1.82) is 0 Å². The molecule has 3 N–H and O–H groups in total. The van der Waals surface area contributed by atoms with Crippen molar-refractivity contribution in [3.63, 3.8) is 0 Å². The highest BCUT2D eigenvalue weighted by molar-refractivity contribution is 5.77. The lowest BCUT2D eigenvalue weighted by Gasteiger charge is -2.28. The second-order valence-electron chi connectivity index (χ2n) is 5.39. The fraction of sp³-hybridized carbons (Fsp3) is 0.923. The summed E-state index contributed by atoms with van der Waals surface area (Å²) in [5, 5.41) is 8.94. The largest absolute Gasteiger partial charge is 0.480 e. The van der Waals surface area contributed by atoms with Gasteiger partial charge in [0.1, 0.15) is 5.54 Å². The summed E-state index contributed by atoms with van der Waals surface area (Å²) in [6.07, 6.45) is 6.68. The van der Waals surface area contributed by atoms with Crippen molar-refractivity contribution in [2.45, 2.75) is 64.0 Å². The van der Waals surface area contributed by atoms with E-state index >= 15 is 0 Å². The average molecular weight is 242 g/mol. The van der Waals surface area contributed by atoms with Crippen LogP contribution in [0.15, 0.2) is 0 Å². The second kappa shape index (κ2) is 6.36. The van der Waals surface area contributed by atoms with Crippen LogP contribution in [-0.4, -0.2) is 40.6 Å². The zero-order valence-electron chi connectivity index (χ0n) is 11.1. The summed E-state index contributed by atoms with van der Waals surface area (Å²) in [7, 11) is 0. The van der Waals surface area contributed by atoms with Gasteiger partial charge in [0, 0.05) is 6.04 Å². The Morgan fingerprint density at radius 2 is 2.06 bits per heavy atom. The van der Waals surface area contributed by atoms with E-state index in [-0.39, 0.29) is 0 Å². The van der Waals surface area contributed by atoms with Crippen molar-refractivity contribution in [1.82, 2.24) is 4.90 Å². The minimum atomic E-state index is -1.07. The number of rotatable bonds is 7. The van der Waals surface area contributed by atoms with Crippen LogP contribution < -0.4 is 5.73 Å². The van der Waals surface area contributed by atoms with Crippen LogP contribution in [0.1, 0.15) is 52.4 Å². The lowest BCUT2D eigenvalue weighted by Crippen LogP contribution is -2.45. The molecule has 0 aromatic carbocycles. The van der Waals surface area contributed by atoms with Crippen molar-refractivity contribution in [2.75, 3.05) is 13.1 Å². The first-order valence-electron chi connectivity index (χ1n) is 6.73. The summed E-state index contributed by atoms with van der Waals surface area (Å²) < 4.78 is 0. The van der Waals surface area contributed by atoms with Crippen LogP contribution in [0.25, 0.3) is 0 Å². The van der Waals surface area contributed by atoms with Gasteiger partial charge in [-0.2, -0.15) is 0 Å². The predicted molar refractivity (Wildman–Crippen MR) is 69.0 cm³/mol. The van der Waals surface area contributed by atoms with Gasteiger partial charge in [-0.3, -0.25) is 4.79 Å². The Hall–Kier alpha value is -0.610. The number of carboxylic acids is 1. The summed E-state index contributed by atoms with van der Waals surface area (Å²) in [5.74, 6) is -0.901. The molecule has 1 saturated carbocycles. The molecule has 17 heavy (non-hydrogen) atoms. The third kappa shape index (κ3) is 4.28. The zero-order valence-corrected chi connectivity index (χ0v) is 11.1. The summed E-state index contributed by atoms with van der Waals surface area (Å²) >= 11 is 0. The smallest absolute Gasteiger partial charge is 0.323 e. The minimum absolute atomic E-state index is 0.547. The Kier molecular flexibility index (Phi) is 5.40. The standard InChI is InChI=1S/C13H26N2O2/c1-3-15(11-7-4-5-8-11)10-6-9-13(2,14)12(16)17/h11H,3-10,14H2,1-2H3,(H,16,17). The van der Waals surface area contributed by atoms with Crippen LogP contribution in [0.2, 0.25) is 0 Å². The summed E-state index contributed by atoms with van der Waals surface area (Å²) in [6.45, 7) is 5.80. The zero-order chi connectivity index (χ0) is 12.9. The fourth-order valence-corrected chi connectivity index (χ4v) is 2.62. The highest BCUT2D eigenvalue weighted by Crippen LogP contribution is 2.23. The monoisotopic (exact) mass is 242 g/mol. The highest BCUT2D eigenvalue weighted by atomic mass is 16.4. The Labute approximate surface area is 104 Å². The van der Waals surface area contributed by atoms with Crippen LogP contribution in [-0.2, 0) is 4.79 Å². The maximum atomic E-state index is 10.9. The molecule has 0 aromatic rings. The number of carboxylic acid groups (broad SMARTS) is 1. The van der Waals surface area contributed by atoms with Crippen molar-refractivity contribution >= 4 is 5.97 Å². The van der Waals surface area contributed by atoms with E-state index < -0.39 is 11.5 Å². The predicted octanol–water partition coefficient (Wildman–Crippen LogP) is 1.83. The molecule has 1 unspecified atom stereocenters. The summed E-state index contributed by atoms with van der Waals surface area (Å²) in [4.78, 5) is 13.4. The Bertz CT molecular complexity index is 248. The number of carbonyl (C=O) groups is 1. The topological polar surface area (TPSA) is 66.6 Å². The lowest BCUT2D eigenvalue weighted by molar-refractivity contribution is -0.142. The molecule has 0 saturated heterocycles. The van der Waals surface area contributed by atoms with Crippen LogP contribution in [0.5, 0.6) is 0 Å². The van der Waals surface area contributed by atoms with Gasteiger partial charge >= 0.3 is 5.97 Å². The van der Waals surface area contributed by atoms with E-state index in [0.717, 1.165) is 19.5 Å². The van der Waals surface area contributed by atoms with Crippen LogP contribution in [0, 0.1) is 0 Å². The molecule has 0 aliphatic heterocycles. The van der Waals surface area contributed by atoms with Crippen LogP contribution in [0.4, 0.5) is 0 Å². The second-order valence-corrected chi connectivity index (χ2v) is 5.39. The lowest BCUT2D eigenvalue weighted by atomic mass is 9.97. The molecule has 0 heterocycles. The van der Waals surface area contributed by atoms with E-state index in [9.17, 15) is 4.79 Å². The Balaban J connectivity index is 2.30. The highest BCUT2D eigenvalue weighted by Gasteiger charge is 2.28. The van der Waals surface area contributed by atoms with Gasteiger partial charge in [-0.1, -0.05) is 19.8 Å². The van der Waals surface area contributed by atoms with Crippen molar-refractivity contribution in [3.8, 4) is 0 Å². The van der Waals surface area contributed by atoms with E-state index in [2.05, 4.69) is 11.8 Å².